The molecule has 1 amide bonds. The van der Waals surface area contributed by atoms with Gasteiger partial charge in [-0.3, -0.25) is 4.79 Å². The molecule has 92 valence electrons. The highest BCUT2D eigenvalue weighted by Gasteiger charge is 2.23. The molecule has 1 aromatic rings. The topological polar surface area (TPSA) is 64.3 Å². The van der Waals surface area contributed by atoms with Crippen LogP contribution in [0.5, 0.6) is 5.75 Å². The van der Waals surface area contributed by atoms with E-state index >= 15 is 0 Å². The number of hydrogen-bond donors (Lipinski definition) is 2. The number of nitrogens with one attached hydrogen (secondary N) is 1. The molecule has 0 saturated carbocycles. The molecule has 4 nitrogen and oxygen atoms in total. The van der Waals surface area contributed by atoms with Crippen LogP contribution in [0.4, 0.5) is 0 Å². The summed E-state index contributed by atoms with van der Waals surface area (Å²) in [6, 6.07) is 5.65. The van der Waals surface area contributed by atoms with Crippen molar-refractivity contribution >= 4 is 21.8 Å². The molecule has 1 aliphatic heterocycles. The van der Waals surface area contributed by atoms with Crippen LogP contribution < -0.4 is 15.8 Å². The molecule has 0 spiro atoms. The van der Waals surface area contributed by atoms with Crippen molar-refractivity contribution in [2.24, 2.45) is 5.73 Å². The van der Waals surface area contributed by atoms with Gasteiger partial charge in [0.2, 0.25) is 5.91 Å². The van der Waals surface area contributed by atoms with Gasteiger partial charge in [0.15, 0.2) is 0 Å². The molecule has 17 heavy (non-hydrogen) atoms. The lowest BCUT2D eigenvalue weighted by atomic mass is 10.1. The van der Waals surface area contributed by atoms with Crippen LogP contribution in [0, 0.1) is 0 Å². The number of fused-ring (bicyclic) bond motifs is 1. The lowest BCUT2D eigenvalue weighted by Crippen LogP contribution is -2.43. The third-order valence-electron chi connectivity index (χ3n) is 2.84. The van der Waals surface area contributed by atoms with Crippen molar-refractivity contribution in [3.8, 4) is 5.75 Å². The number of amides is 1. The molecule has 1 aromatic carbocycles. The Bertz CT molecular complexity index is 437. The van der Waals surface area contributed by atoms with E-state index in [1.807, 2.05) is 12.1 Å². The molecule has 2 atom stereocenters. The van der Waals surface area contributed by atoms with Gasteiger partial charge in [-0.25, -0.2) is 0 Å². The first kappa shape index (κ1) is 12.4. The van der Waals surface area contributed by atoms with E-state index in [9.17, 15) is 4.79 Å². The minimum absolute atomic E-state index is 0.0705. The van der Waals surface area contributed by atoms with Gasteiger partial charge in [-0.2, -0.15) is 0 Å². The number of nitrogens with two attached hydrogens (primary N) is 1. The van der Waals surface area contributed by atoms with Gasteiger partial charge in [0, 0.05) is 17.4 Å². The highest BCUT2D eigenvalue weighted by Crippen LogP contribution is 2.30. The Morgan fingerprint density at radius 3 is 3.18 bits per heavy atom. The Morgan fingerprint density at radius 1 is 1.71 bits per heavy atom. The molecular weight excluding hydrogens is 284 g/mol. The van der Waals surface area contributed by atoms with Gasteiger partial charge in [0.25, 0.3) is 0 Å². The Morgan fingerprint density at radius 2 is 2.47 bits per heavy atom. The molecule has 1 heterocycles. The molecule has 0 fully saturated rings. The fourth-order valence-electron chi connectivity index (χ4n) is 1.81. The first-order valence-electron chi connectivity index (χ1n) is 5.54. The Labute approximate surface area is 109 Å². The summed E-state index contributed by atoms with van der Waals surface area (Å²) in [4.78, 5) is 10.9. The number of primary amides is 1. The summed E-state index contributed by atoms with van der Waals surface area (Å²) in [7, 11) is 0. The number of ether oxygens (including phenoxy) is 1. The molecule has 2 unspecified atom stereocenters. The molecule has 0 bridgehead atoms. The highest BCUT2D eigenvalue weighted by molar-refractivity contribution is 9.10. The quantitative estimate of drug-likeness (QED) is 0.878. The average molecular weight is 299 g/mol. The Hall–Kier alpha value is -1.07. The van der Waals surface area contributed by atoms with E-state index in [1.165, 1.54) is 5.56 Å². The maximum absolute atomic E-state index is 10.9. The SMILES string of the molecule is CC(NCC1Cc2cc(Br)ccc2O1)C(N)=O. The molecule has 0 aromatic heterocycles. The summed E-state index contributed by atoms with van der Waals surface area (Å²) in [6.45, 7) is 2.37. The van der Waals surface area contributed by atoms with E-state index in [1.54, 1.807) is 6.92 Å². The predicted octanol–water partition coefficient (Wildman–Crippen LogP) is 1.22. The van der Waals surface area contributed by atoms with Gasteiger partial charge >= 0.3 is 0 Å². The standard InChI is InChI=1S/C12H15BrN2O2/c1-7(12(14)16)15-6-10-5-8-4-9(13)2-3-11(8)17-10/h2-4,7,10,15H,5-6H2,1H3,(H2,14,16). The van der Waals surface area contributed by atoms with E-state index in [2.05, 4.69) is 27.3 Å². The van der Waals surface area contributed by atoms with Crippen LogP contribution in [0.1, 0.15) is 12.5 Å². The second kappa shape index (κ2) is 5.06. The predicted molar refractivity (Wildman–Crippen MR) is 68.9 cm³/mol. The minimum atomic E-state index is -0.344. The smallest absolute Gasteiger partial charge is 0.234 e. The molecule has 1 aliphatic rings. The maximum atomic E-state index is 10.9. The number of hydrogen-bond acceptors (Lipinski definition) is 3. The van der Waals surface area contributed by atoms with E-state index < -0.39 is 0 Å². The normalized spacial score (nSPS) is 19.5. The van der Waals surface area contributed by atoms with Gasteiger partial charge in [0.1, 0.15) is 11.9 Å². The second-order valence-corrected chi connectivity index (χ2v) is 5.14. The van der Waals surface area contributed by atoms with Gasteiger partial charge < -0.3 is 15.8 Å². The van der Waals surface area contributed by atoms with Crippen molar-refractivity contribution in [3.63, 3.8) is 0 Å². The number of carbonyl (C=O) groups is 1. The van der Waals surface area contributed by atoms with Crippen molar-refractivity contribution < 1.29 is 9.53 Å². The van der Waals surface area contributed by atoms with Crippen molar-refractivity contribution in [2.75, 3.05) is 6.54 Å². The molecule has 0 aliphatic carbocycles. The molecule has 0 radical (unpaired) electrons. The van der Waals surface area contributed by atoms with Crippen LogP contribution in [0.2, 0.25) is 0 Å². The number of benzene rings is 1. The minimum Gasteiger partial charge on any atom is -0.488 e. The summed E-state index contributed by atoms with van der Waals surface area (Å²) in [5, 5.41) is 3.06. The van der Waals surface area contributed by atoms with Crippen LogP contribution in [0.15, 0.2) is 22.7 Å². The maximum Gasteiger partial charge on any atom is 0.234 e. The van der Waals surface area contributed by atoms with Crippen molar-refractivity contribution in [2.45, 2.75) is 25.5 Å². The third kappa shape index (κ3) is 2.98. The molecule has 2 rings (SSSR count). The van der Waals surface area contributed by atoms with E-state index in [0.29, 0.717) is 6.54 Å². The van der Waals surface area contributed by atoms with Crippen LogP contribution in [-0.2, 0) is 11.2 Å². The number of carbonyl (C=O) groups excluding carboxylic acids is 1. The first-order valence-corrected chi connectivity index (χ1v) is 6.33. The largest absolute Gasteiger partial charge is 0.488 e. The molecule has 0 saturated heterocycles. The Balaban J connectivity index is 1.90. The monoisotopic (exact) mass is 298 g/mol. The van der Waals surface area contributed by atoms with E-state index in [0.717, 1.165) is 16.6 Å². The molecular formula is C12H15BrN2O2. The molecule has 3 N–H and O–H groups in total. The van der Waals surface area contributed by atoms with Gasteiger partial charge in [-0.15, -0.1) is 0 Å². The fraction of sp³-hybridized carbons (Fsp3) is 0.417. The van der Waals surface area contributed by atoms with Gasteiger partial charge in [0.05, 0.1) is 6.04 Å². The lowest BCUT2D eigenvalue weighted by molar-refractivity contribution is -0.119. The lowest BCUT2D eigenvalue weighted by Gasteiger charge is -2.14. The average Bonchev–Trinajstić information content (AvgIpc) is 2.67. The van der Waals surface area contributed by atoms with Crippen molar-refractivity contribution in [1.82, 2.24) is 5.32 Å². The zero-order chi connectivity index (χ0) is 12.4. The van der Waals surface area contributed by atoms with Gasteiger partial charge in [-0.1, -0.05) is 15.9 Å². The summed E-state index contributed by atoms with van der Waals surface area (Å²) < 4.78 is 6.81. The molecule has 5 heteroatoms. The summed E-state index contributed by atoms with van der Waals surface area (Å²) >= 11 is 3.43. The van der Waals surface area contributed by atoms with E-state index in [4.69, 9.17) is 10.5 Å². The van der Waals surface area contributed by atoms with Gasteiger partial charge in [-0.05, 0) is 30.7 Å². The number of rotatable bonds is 4. The fourth-order valence-corrected chi connectivity index (χ4v) is 2.22. The van der Waals surface area contributed by atoms with E-state index in [-0.39, 0.29) is 18.1 Å². The van der Waals surface area contributed by atoms with Crippen LogP contribution in [0.3, 0.4) is 0 Å². The Kier molecular flexibility index (Phi) is 3.69. The van der Waals surface area contributed by atoms with Crippen molar-refractivity contribution in [1.29, 1.82) is 0 Å². The number of halogens is 1. The summed E-state index contributed by atoms with van der Waals surface area (Å²) in [6.07, 6.45) is 0.925. The summed E-state index contributed by atoms with van der Waals surface area (Å²) in [5.41, 5.74) is 6.37. The third-order valence-corrected chi connectivity index (χ3v) is 3.34. The zero-order valence-corrected chi connectivity index (χ0v) is 11.2. The van der Waals surface area contributed by atoms with Crippen molar-refractivity contribution in [3.05, 3.63) is 28.2 Å². The second-order valence-electron chi connectivity index (χ2n) is 4.23. The first-order chi connectivity index (χ1) is 8.06. The van der Waals surface area contributed by atoms with Crippen LogP contribution >= 0.6 is 15.9 Å². The van der Waals surface area contributed by atoms with Crippen LogP contribution in [0.25, 0.3) is 0 Å². The zero-order valence-electron chi connectivity index (χ0n) is 9.57. The summed E-state index contributed by atoms with van der Waals surface area (Å²) in [5.74, 6) is 0.579. The highest BCUT2D eigenvalue weighted by atomic mass is 79.9. The van der Waals surface area contributed by atoms with Crippen LogP contribution in [-0.4, -0.2) is 24.6 Å².